The van der Waals surface area contributed by atoms with Gasteiger partial charge >= 0.3 is 5.97 Å². The second-order valence-electron chi connectivity index (χ2n) is 6.04. The summed E-state index contributed by atoms with van der Waals surface area (Å²) in [6, 6.07) is 12.3. The summed E-state index contributed by atoms with van der Waals surface area (Å²) in [6.45, 7) is 7.54. The number of rotatable bonds is 9. The molecule has 0 N–H and O–H groups in total. The Balaban J connectivity index is 2.40. The van der Waals surface area contributed by atoms with Crippen LogP contribution in [-0.2, 0) is 17.7 Å². The first-order chi connectivity index (χ1) is 11.7. The molecule has 2 rings (SSSR count). The molecule has 0 saturated carbocycles. The molecule has 3 nitrogen and oxygen atoms in total. The zero-order chi connectivity index (χ0) is 17.4. The van der Waals surface area contributed by atoms with E-state index < -0.39 is 0 Å². The molecular formula is C21H29NO2. The Morgan fingerprint density at radius 2 is 1.79 bits per heavy atom. The molecule has 0 bridgehead atoms. The maximum Gasteiger partial charge on any atom is 0.339 e. The summed E-state index contributed by atoms with van der Waals surface area (Å²) in [5, 5.41) is 0. The van der Waals surface area contributed by atoms with Gasteiger partial charge in [0.25, 0.3) is 0 Å². The highest BCUT2D eigenvalue weighted by Crippen LogP contribution is 2.28. The van der Waals surface area contributed by atoms with E-state index in [1.165, 1.54) is 19.3 Å². The van der Waals surface area contributed by atoms with Crippen LogP contribution in [0.2, 0.25) is 0 Å². The fourth-order valence-corrected chi connectivity index (χ4v) is 3.16. The summed E-state index contributed by atoms with van der Waals surface area (Å²) in [6.07, 6.45) is 5.67. The number of benzene rings is 1. The van der Waals surface area contributed by atoms with Gasteiger partial charge in [0.05, 0.1) is 12.2 Å². The Bertz CT molecular complexity index is 643. The van der Waals surface area contributed by atoms with Crippen LogP contribution in [0.3, 0.4) is 0 Å². The first-order valence-electron chi connectivity index (χ1n) is 9.17. The number of hydrogen-bond acceptors (Lipinski definition) is 2. The normalized spacial score (nSPS) is 10.8. The summed E-state index contributed by atoms with van der Waals surface area (Å²) < 4.78 is 7.58. The number of carbonyl (C=O) groups excluding carboxylic acids is 1. The molecular weight excluding hydrogens is 298 g/mol. The van der Waals surface area contributed by atoms with Crippen LogP contribution >= 0.6 is 0 Å². The molecule has 1 aromatic heterocycles. The van der Waals surface area contributed by atoms with Crippen molar-refractivity contribution in [2.24, 2.45) is 0 Å². The zero-order valence-corrected chi connectivity index (χ0v) is 15.2. The molecule has 1 heterocycles. The Morgan fingerprint density at radius 3 is 2.42 bits per heavy atom. The third-order valence-corrected chi connectivity index (χ3v) is 4.34. The summed E-state index contributed by atoms with van der Waals surface area (Å²) >= 11 is 0. The molecule has 0 aliphatic heterocycles. The van der Waals surface area contributed by atoms with E-state index in [-0.39, 0.29) is 5.97 Å². The lowest BCUT2D eigenvalue weighted by molar-refractivity contribution is 0.0525. The van der Waals surface area contributed by atoms with Crippen LogP contribution in [0.1, 0.15) is 62.5 Å². The van der Waals surface area contributed by atoms with Gasteiger partial charge in [-0.3, -0.25) is 0 Å². The maximum atomic E-state index is 12.4. The van der Waals surface area contributed by atoms with Gasteiger partial charge in [-0.05, 0) is 31.4 Å². The predicted octanol–water partition coefficient (Wildman–Crippen LogP) is 5.47. The van der Waals surface area contributed by atoms with Gasteiger partial charge in [0.1, 0.15) is 0 Å². The van der Waals surface area contributed by atoms with Crippen molar-refractivity contribution in [2.75, 3.05) is 6.61 Å². The highest BCUT2D eigenvalue weighted by molar-refractivity contribution is 5.92. The standard InChI is InChI=1S/C21H29NO2/c1-4-7-8-12-15-22-19(5-2)18(21(23)24-6-3)16-20(22)17-13-10-9-11-14-17/h9-11,13-14,16H,4-8,12,15H2,1-3H3. The zero-order valence-electron chi connectivity index (χ0n) is 15.2. The average molecular weight is 327 g/mol. The predicted molar refractivity (Wildman–Crippen MR) is 99.3 cm³/mol. The molecule has 24 heavy (non-hydrogen) atoms. The van der Waals surface area contributed by atoms with E-state index in [0.29, 0.717) is 12.2 Å². The Hall–Kier alpha value is -2.03. The number of hydrogen-bond donors (Lipinski definition) is 0. The van der Waals surface area contributed by atoms with Crippen molar-refractivity contribution in [3.05, 3.63) is 47.7 Å². The van der Waals surface area contributed by atoms with Crippen LogP contribution in [-0.4, -0.2) is 17.1 Å². The molecule has 0 unspecified atom stereocenters. The molecule has 1 aromatic carbocycles. The summed E-state index contributed by atoms with van der Waals surface area (Å²) in [7, 11) is 0. The van der Waals surface area contributed by atoms with Crippen LogP contribution < -0.4 is 0 Å². The second kappa shape index (κ2) is 9.31. The molecule has 0 atom stereocenters. The van der Waals surface area contributed by atoms with E-state index in [4.69, 9.17) is 4.74 Å². The Morgan fingerprint density at radius 1 is 1.04 bits per heavy atom. The van der Waals surface area contributed by atoms with Gasteiger partial charge in [-0.15, -0.1) is 0 Å². The average Bonchev–Trinajstić information content (AvgIpc) is 2.98. The number of ether oxygens (including phenoxy) is 1. The lowest BCUT2D eigenvalue weighted by atomic mass is 10.1. The first-order valence-corrected chi connectivity index (χ1v) is 9.17. The smallest absolute Gasteiger partial charge is 0.339 e. The SMILES string of the molecule is CCCCCCn1c(-c2ccccc2)cc(C(=O)OCC)c1CC. The summed E-state index contributed by atoms with van der Waals surface area (Å²) in [4.78, 5) is 12.4. The van der Waals surface area contributed by atoms with E-state index in [2.05, 4.69) is 30.5 Å². The minimum Gasteiger partial charge on any atom is -0.462 e. The number of nitrogens with zero attached hydrogens (tertiary/aromatic N) is 1. The highest BCUT2D eigenvalue weighted by Gasteiger charge is 2.20. The van der Waals surface area contributed by atoms with Crippen molar-refractivity contribution >= 4 is 5.97 Å². The number of unbranched alkanes of at least 4 members (excludes halogenated alkanes) is 3. The van der Waals surface area contributed by atoms with E-state index >= 15 is 0 Å². The van der Waals surface area contributed by atoms with Gasteiger partial charge in [0.2, 0.25) is 0 Å². The first kappa shape index (κ1) is 18.3. The van der Waals surface area contributed by atoms with Gasteiger partial charge < -0.3 is 9.30 Å². The van der Waals surface area contributed by atoms with E-state index in [9.17, 15) is 4.79 Å². The van der Waals surface area contributed by atoms with Gasteiger partial charge in [0.15, 0.2) is 0 Å². The lowest BCUT2D eigenvalue weighted by Crippen LogP contribution is -2.10. The van der Waals surface area contributed by atoms with Crippen molar-refractivity contribution in [2.45, 2.75) is 59.4 Å². The largest absolute Gasteiger partial charge is 0.462 e. The Labute approximate surface area is 145 Å². The monoisotopic (exact) mass is 327 g/mol. The van der Waals surface area contributed by atoms with Crippen molar-refractivity contribution in [3.63, 3.8) is 0 Å². The minimum absolute atomic E-state index is 0.209. The molecule has 0 saturated heterocycles. The molecule has 0 amide bonds. The van der Waals surface area contributed by atoms with E-state index in [1.54, 1.807) is 0 Å². The number of aromatic nitrogens is 1. The van der Waals surface area contributed by atoms with Gasteiger partial charge in [-0.25, -0.2) is 4.79 Å². The third kappa shape index (κ3) is 4.28. The molecule has 3 heteroatoms. The Kier molecular flexibility index (Phi) is 7.10. The van der Waals surface area contributed by atoms with Crippen molar-refractivity contribution in [3.8, 4) is 11.3 Å². The molecule has 0 fully saturated rings. The maximum absolute atomic E-state index is 12.4. The van der Waals surface area contributed by atoms with Crippen molar-refractivity contribution < 1.29 is 9.53 Å². The molecule has 2 aromatic rings. The van der Waals surface area contributed by atoms with E-state index in [0.717, 1.165) is 36.3 Å². The van der Waals surface area contributed by atoms with Gasteiger partial charge in [-0.1, -0.05) is 63.4 Å². The van der Waals surface area contributed by atoms with Crippen LogP contribution in [0.25, 0.3) is 11.3 Å². The minimum atomic E-state index is -0.209. The molecule has 0 spiro atoms. The molecule has 0 radical (unpaired) electrons. The molecule has 130 valence electrons. The summed E-state index contributed by atoms with van der Waals surface area (Å²) in [5.74, 6) is -0.209. The summed E-state index contributed by atoms with van der Waals surface area (Å²) in [5.41, 5.74) is 4.07. The highest BCUT2D eigenvalue weighted by atomic mass is 16.5. The quantitative estimate of drug-likeness (QED) is 0.451. The van der Waals surface area contributed by atoms with Gasteiger partial charge in [0, 0.05) is 17.9 Å². The van der Waals surface area contributed by atoms with Crippen LogP contribution in [0.4, 0.5) is 0 Å². The number of carbonyl (C=O) groups is 1. The van der Waals surface area contributed by atoms with Crippen LogP contribution in [0.15, 0.2) is 36.4 Å². The van der Waals surface area contributed by atoms with Gasteiger partial charge in [-0.2, -0.15) is 0 Å². The lowest BCUT2D eigenvalue weighted by Gasteiger charge is -2.13. The van der Waals surface area contributed by atoms with E-state index in [1.807, 2.05) is 31.2 Å². The topological polar surface area (TPSA) is 31.2 Å². The second-order valence-corrected chi connectivity index (χ2v) is 6.04. The molecule has 0 aliphatic rings. The van der Waals surface area contributed by atoms with Crippen molar-refractivity contribution in [1.29, 1.82) is 0 Å². The molecule has 0 aliphatic carbocycles. The van der Waals surface area contributed by atoms with Crippen molar-refractivity contribution in [1.82, 2.24) is 4.57 Å². The fraction of sp³-hybridized carbons (Fsp3) is 0.476. The fourth-order valence-electron chi connectivity index (χ4n) is 3.16. The van der Waals surface area contributed by atoms with Crippen LogP contribution in [0, 0.1) is 0 Å². The number of esters is 1. The third-order valence-electron chi connectivity index (χ3n) is 4.34. The van der Waals surface area contributed by atoms with Crippen LogP contribution in [0.5, 0.6) is 0 Å².